The Hall–Kier alpha value is -3.35. The van der Waals surface area contributed by atoms with Crippen molar-refractivity contribution in [3.63, 3.8) is 0 Å². The maximum atomic E-state index is 12.8. The van der Waals surface area contributed by atoms with Gasteiger partial charge in [0, 0.05) is 6.08 Å². The van der Waals surface area contributed by atoms with Gasteiger partial charge in [0.15, 0.2) is 23.0 Å². The van der Waals surface area contributed by atoms with Crippen LogP contribution in [0.5, 0.6) is 28.7 Å². The maximum Gasteiger partial charge on any atom is 0.244 e. The number of ether oxygens (including phenoxy) is 5. The van der Waals surface area contributed by atoms with Crippen molar-refractivity contribution in [1.29, 1.82) is 0 Å². The summed E-state index contributed by atoms with van der Waals surface area (Å²) in [5.74, 6) is 2.86. The second-order valence-electron chi connectivity index (χ2n) is 7.59. The van der Waals surface area contributed by atoms with E-state index >= 15 is 0 Å². The summed E-state index contributed by atoms with van der Waals surface area (Å²) in [6.45, 7) is 9.06. The van der Waals surface area contributed by atoms with Gasteiger partial charge in [-0.15, -0.1) is 0 Å². The SMILES string of the molecule is CCOc1ccc(C(NC(=O)/C=C/c2cc(OC)c(OC)c(OC)c2)C(C)C)cc1OCC. The Balaban J connectivity index is 2.25. The zero-order valence-electron chi connectivity index (χ0n) is 20.6. The highest BCUT2D eigenvalue weighted by Gasteiger charge is 2.20. The number of hydrogen-bond donors (Lipinski definition) is 1. The Morgan fingerprint density at radius 2 is 1.48 bits per heavy atom. The molecule has 0 radical (unpaired) electrons. The number of nitrogens with one attached hydrogen (secondary N) is 1. The molecule has 2 aromatic rings. The fraction of sp³-hybridized carbons (Fsp3) is 0.423. The summed E-state index contributed by atoms with van der Waals surface area (Å²) in [6, 6.07) is 9.15. The minimum atomic E-state index is -0.214. The molecule has 1 amide bonds. The van der Waals surface area contributed by atoms with Gasteiger partial charge in [-0.25, -0.2) is 0 Å². The summed E-state index contributed by atoms with van der Waals surface area (Å²) < 4.78 is 27.5. The van der Waals surface area contributed by atoms with E-state index in [0.29, 0.717) is 42.0 Å². The Morgan fingerprint density at radius 1 is 0.879 bits per heavy atom. The molecule has 0 saturated carbocycles. The third-order valence-electron chi connectivity index (χ3n) is 5.01. The molecule has 0 spiro atoms. The molecular weight excluding hydrogens is 422 g/mol. The van der Waals surface area contributed by atoms with Gasteiger partial charge in [-0.1, -0.05) is 19.9 Å². The average Bonchev–Trinajstić information content (AvgIpc) is 2.81. The molecule has 0 saturated heterocycles. The first-order valence-corrected chi connectivity index (χ1v) is 11.1. The van der Waals surface area contributed by atoms with E-state index in [-0.39, 0.29) is 17.9 Å². The van der Waals surface area contributed by atoms with Crippen LogP contribution in [0.25, 0.3) is 6.08 Å². The topological polar surface area (TPSA) is 75.3 Å². The second kappa shape index (κ2) is 12.6. The lowest BCUT2D eigenvalue weighted by molar-refractivity contribution is -0.117. The molecule has 0 aliphatic rings. The molecule has 2 aromatic carbocycles. The van der Waals surface area contributed by atoms with Gasteiger partial charge >= 0.3 is 0 Å². The highest BCUT2D eigenvalue weighted by atomic mass is 16.5. The highest BCUT2D eigenvalue weighted by Crippen LogP contribution is 2.38. The molecule has 1 atom stereocenters. The number of rotatable bonds is 12. The normalized spacial score (nSPS) is 11.9. The maximum absolute atomic E-state index is 12.8. The molecule has 0 bridgehead atoms. The van der Waals surface area contributed by atoms with Crippen LogP contribution >= 0.6 is 0 Å². The van der Waals surface area contributed by atoms with E-state index in [1.807, 2.05) is 32.0 Å². The van der Waals surface area contributed by atoms with Crippen LogP contribution in [0.2, 0.25) is 0 Å². The van der Waals surface area contributed by atoms with E-state index in [0.717, 1.165) is 11.1 Å². The van der Waals surface area contributed by atoms with E-state index in [1.54, 1.807) is 39.5 Å². The van der Waals surface area contributed by atoms with Crippen LogP contribution in [0.1, 0.15) is 44.9 Å². The van der Waals surface area contributed by atoms with Crippen molar-refractivity contribution in [2.24, 2.45) is 5.92 Å². The lowest BCUT2D eigenvalue weighted by Crippen LogP contribution is -2.30. The molecule has 33 heavy (non-hydrogen) atoms. The van der Waals surface area contributed by atoms with Crippen molar-refractivity contribution >= 4 is 12.0 Å². The predicted molar refractivity (Wildman–Crippen MR) is 130 cm³/mol. The molecule has 0 fully saturated rings. The van der Waals surface area contributed by atoms with Gasteiger partial charge in [0.2, 0.25) is 11.7 Å². The smallest absolute Gasteiger partial charge is 0.244 e. The Kier molecular flexibility index (Phi) is 9.91. The van der Waals surface area contributed by atoms with Crippen LogP contribution in [0.3, 0.4) is 0 Å². The molecule has 0 aliphatic heterocycles. The van der Waals surface area contributed by atoms with E-state index in [9.17, 15) is 4.79 Å². The second-order valence-corrected chi connectivity index (χ2v) is 7.59. The molecule has 1 unspecified atom stereocenters. The van der Waals surface area contributed by atoms with Gasteiger partial charge in [-0.05, 0) is 61.2 Å². The van der Waals surface area contributed by atoms with Gasteiger partial charge in [-0.2, -0.15) is 0 Å². The molecule has 1 N–H and O–H groups in total. The number of benzene rings is 2. The molecule has 180 valence electrons. The quantitative estimate of drug-likeness (QED) is 0.450. The van der Waals surface area contributed by atoms with Crippen LogP contribution in [0.4, 0.5) is 0 Å². The number of carbonyl (C=O) groups is 1. The number of hydrogen-bond acceptors (Lipinski definition) is 6. The summed E-state index contributed by atoms with van der Waals surface area (Å²) in [5.41, 5.74) is 1.70. The Morgan fingerprint density at radius 3 is 2.00 bits per heavy atom. The van der Waals surface area contributed by atoms with Gasteiger partial charge < -0.3 is 29.0 Å². The zero-order valence-corrected chi connectivity index (χ0v) is 20.6. The number of amides is 1. The minimum absolute atomic E-state index is 0.163. The summed E-state index contributed by atoms with van der Waals surface area (Å²) in [5, 5.41) is 3.09. The fourth-order valence-corrected chi connectivity index (χ4v) is 3.47. The monoisotopic (exact) mass is 457 g/mol. The standard InChI is InChI=1S/C26H35NO6/c1-8-32-20-12-11-19(16-21(20)33-9-2)25(17(3)4)27-24(28)13-10-18-14-22(29-5)26(31-7)23(15-18)30-6/h10-17,25H,8-9H2,1-7H3,(H,27,28)/b13-10+. The lowest BCUT2D eigenvalue weighted by atomic mass is 9.95. The molecule has 0 heterocycles. The lowest BCUT2D eigenvalue weighted by Gasteiger charge is -2.23. The third-order valence-corrected chi connectivity index (χ3v) is 5.01. The average molecular weight is 458 g/mol. The Bertz CT molecular complexity index is 929. The highest BCUT2D eigenvalue weighted by molar-refractivity contribution is 5.92. The zero-order chi connectivity index (χ0) is 24.4. The van der Waals surface area contributed by atoms with Gasteiger partial charge in [0.25, 0.3) is 0 Å². The first-order chi connectivity index (χ1) is 15.9. The van der Waals surface area contributed by atoms with E-state index in [2.05, 4.69) is 19.2 Å². The summed E-state index contributed by atoms with van der Waals surface area (Å²) in [4.78, 5) is 12.8. The fourth-order valence-electron chi connectivity index (χ4n) is 3.47. The first-order valence-electron chi connectivity index (χ1n) is 11.1. The van der Waals surface area contributed by atoms with Crippen LogP contribution in [0.15, 0.2) is 36.4 Å². The number of methoxy groups -OCH3 is 3. The number of carbonyl (C=O) groups excluding carboxylic acids is 1. The van der Waals surface area contributed by atoms with Crippen molar-refractivity contribution in [2.75, 3.05) is 34.5 Å². The molecule has 7 nitrogen and oxygen atoms in total. The molecule has 0 aromatic heterocycles. The van der Waals surface area contributed by atoms with Gasteiger partial charge in [0.05, 0.1) is 40.6 Å². The predicted octanol–water partition coefficient (Wildman–Crippen LogP) is 5.04. The van der Waals surface area contributed by atoms with Crippen LogP contribution in [0, 0.1) is 5.92 Å². The van der Waals surface area contributed by atoms with E-state index in [1.165, 1.54) is 6.08 Å². The van der Waals surface area contributed by atoms with E-state index < -0.39 is 0 Å². The largest absolute Gasteiger partial charge is 0.493 e. The van der Waals surface area contributed by atoms with Crippen molar-refractivity contribution in [1.82, 2.24) is 5.32 Å². The van der Waals surface area contributed by atoms with E-state index in [4.69, 9.17) is 23.7 Å². The van der Waals surface area contributed by atoms with Crippen LogP contribution in [-0.4, -0.2) is 40.5 Å². The molecule has 0 aliphatic carbocycles. The summed E-state index contributed by atoms with van der Waals surface area (Å²) >= 11 is 0. The molecular formula is C26H35NO6. The van der Waals surface area contributed by atoms with Gasteiger partial charge in [0.1, 0.15) is 0 Å². The van der Waals surface area contributed by atoms with Crippen LogP contribution in [-0.2, 0) is 4.79 Å². The third kappa shape index (κ3) is 6.81. The molecule has 7 heteroatoms. The van der Waals surface area contributed by atoms with Crippen molar-refractivity contribution in [3.05, 3.63) is 47.5 Å². The van der Waals surface area contributed by atoms with Crippen LogP contribution < -0.4 is 29.0 Å². The first kappa shape index (κ1) is 25.9. The van der Waals surface area contributed by atoms with Gasteiger partial charge in [-0.3, -0.25) is 4.79 Å². The van der Waals surface area contributed by atoms with Crippen molar-refractivity contribution in [2.45, 2.75) is 33.7 Å². The summed E-state index contributed by atoms with van der Waals surface area (Å²) in [6.07, 6.45) is 3.20. The minimum Gasteiger partial charge on any atom is -0.493 e. The van der Waals surface area contributed by atoms with Crippen molar-refractivity contribution < 1.29 is 28.5 Å². The molecule has 2 rings (SSSR count). The Labute approximate surface area is 196 Å². The van der Waals surface area contributed by atoms with Crippen molar-refractivity contribution in [3.8, 4) is 28.7 Å². The summed E-state index contributed by atoms with van der Waals surface area (Å²) in [7, 11) is 4.66.